The summed E-state index contributed by atoms with van der Waals surface area (Å²) in [5.41, 5.74) is 0.880. The average molecular weight is 198 g/mol. The van der Waals surface area contributed by atoms with Crippen LogP contribution in [0.25, 0.3) is 0 Å². The van der Waals surface area contributed by atoms with Crippen LogP contribution in [0.1, 0.15) is 11.4 Å². The van der Waals surface area contributed by atoms with Crippen molar-refractivity contribution in [1.82, 2.24) is 9.97 Å². The zero-order chi connectivity index (χ0) is 10.5. The van der Waals surface area contributed by atoms with E-state index in [4.69, 9.17) is 0 Å². The molecule has 0 unspecified atom stereocenters. The molecule has 0 amide bonds. The molecule has 3 heteroatoms. The molecule has 0 spiro atoms. The Labute approximate surface area is 86.8 Å². The number of rotatable bonds is 0. The molecule has 2 nitrogen and oxygen atoms in total. The molecule has 2 aromatic rings. The predicted molar refractivity (Wildman–Crippen MR) is 54.4 cm³/mol. The summed E-state index contributed by atoms with van der Waals surface area (Å²) in [7, 11) is 0. The largest absolute Gasteiger partial charge is 0.226 e. The summed E-state index contributed by atoms with van der Waals surface area (Å²) >= 11 is 0. The predicted octanol–water partition coefficient (Wildman–Crippen LogP) is 2.02. The topological polar surface area (TPSA) is 25.8 Å². The third kappa shape index (κ3) is 2.61. The van der Waals surface area contributed by atoms with Gasteiger partial charge in [-0.05, 0) is 18.1 Å². The van der Waals surface area contributed by atoms with E-state index in [2.05, 4.69) is 21.8 Å². The van der Waals surface area contributed by atoms with E-state index >= 15 is 0 Å². The zero-order valence-corrected chi connectivity index (χ0v) is 7.81. The van der Waals surface area contributed by atoms with Crippen LogP contribution < -0.4 is 0 Å². The quantitative estimate of drug-likeness (QED) is 0.605. The smallest absolute Gasteiger partial charge is 0.205 e. The molecule has 72 valence electrons. The lowest BCUT2D eigenvalue weighted by atomic mass is 10.2. The first-order chi connectivity index (χ1) is 7.34. The Morgan fingerprint density at radius 2 is 1.60 bits per heavy atom. The zero-order valence-electron chi connectivity index (χ0n) is 7.81. The Bertz CT molecular complexity index is 495. The fraction of sp³-hybridized carbons (Fsp3) is 0. The van der Waals surface area contributed by atoms with Crippen molar-refractivity contribution < 1.29 is 4.39 Å². The van der Waals surface area contributed by atoms with Crippen LogP contribution in [0.5, 0.6) is 0 Å². The number of hydrogen-bond donors (Lipinski definition) is 0. The molecule has 0 aliphatic carbocycles. The molecule has 2 rings (SSSR count). The van der Waals surface area contributed by atoms with Crippen LogP contribution in [0.15, 0.2) is 42.7 Å². The van der Waals surface area contributed by atoms with Gasteiger partial charge in [0.05, 0.1) is 12.4 Å². The molecule has 1 aromatic carbocycles. The molecule has 0 N–H and O–H groups in total. The van der Waals surface area contributed by atoms with E-state index in [1.807, 2.05) is 30.3 Å². The number of hydrogen-bond acceptors (Lipinski definition) is 2. The van der Waals surface area contributed by atoms with E-state index in [1.165, 1.54) is 0 Å². The van der Waals surface area contributed by atoms with Crippen LogP contribution in [-0.4, -0.2) is 9.97 Å². The van der Waals surface area contributed by atoms with E-state index in [9.17, 15) is 4.39 Å². The molecule has 1 heterocycles. The highest BCUT2D eigenvalue weighted by Crippen LogP contribution is 1.96. The maximum Gasteiger partial charge on any atom is 0.205 e. The monoisotopic (exact) mass is 198 g/mol. The fourth-order valence-corrected chi connectivity index (χ4v) is 1.03. The number of aromatic nitrogens is 2. The van der Waals surface area contributed by atoms with Gasteiger partial charge in [0.1, 0.15) is 0 Å². The lowest BCUT2D eigenvalue weighted by Crippen LogP contribution is -1.88. The van der Waals surface area contributed by atoms with Gasteiger partial charge < -0.3 is 0 Å². The third-order valence-corrected chi connectivity index (χ3v) is 1.71. The van der Waals surface area contributed by atoms with E-state index in [0.717, 1.165) is 18.0 Å². The minimum Gasteiger partial charge on any atom is -0.226 e. The number of benzene rings is 1. The molecule has 0 bridgehead atoms. The molecule has 0 fully saturated rings. The fourth-order valence-electron chi connectivity index (χ4n) is 1.03. The van der Waals surface area contributed by atoms with Crippen LogP contribution in [0.2, 0.25) is 0 Å². The first-order valence-electron chi connectivity index (χ1n) is 4.39. The molecular weight excluding hydrogens is 191 g/mol. The van der Waals surface area contributed by atoms with Crippen LogP contribution in [-0.2, 0) is 0 Å². The molecule has 0 saturated carbocycles. The van der Waals surface area contributed by atoms with Crippen LogP contribution >= 0.6 is 0 Å². The summed E-state index contributed by atoms with van der Waals surface area (Å²) in [4.78, 5) is 7.47. The maximum absolute atomic E-state index is 12.5. The molecule has 1 aromatic heterocycles. The molecule has 15 heavy (non-hydrogen) atoms. The molecule has 0 aliphatic rings. The van der Waals surface area contributed by atoms with Crippen LogP contribution in [0.3, 0.4) is 0 Å². The summed E-state index contributed by atoms with van der Waals surface area (Å²) in [5, 5.41) is 0. The van der Waals surface area contributed by atoms with Crippen molar-refractivity contribution in [2.24, 2.45) is 0 Å². The first-order valence-corrected chi connectivity index (χ1v) is 4.39. The third-order valence-electron chi connectivity index (χ3n) is 1.71. The summed E-state index contributed by atoms with van der Waals surface area (Å²) in [6.45, 7) is 0. The average Bonchev–Trinajstić information content (AvgIpc) is 2.30. The minimum absolute atomic E-state index is 0.320. The Balaban J connectivity index is 2.22. The molecular formula is C12H7FN2. The lowest BCUT2D eigenvalue weighted by Gasteiger charge is -1.88. The van der Waals surface area contributed by atoms with Crippen molar-refractivity contribution in [3.63, 3.8) is 0 Å². The van der Waals surface area contributed by atoms with Gasteiger partial charge in [-0.3, -0.25) is 0 Å². The second kappa shape index (κ2) is 4.34. The SMILES string of the molecule is Fc1cnc(C#Cc2ccccc2)nc1. The van der Waals surface area contributed by atoms with Crippen LogP contribution in [0.4, 0.5) is 4.39 Å². The van der Waals surface area contributed by atoms with Crippen LogP contribution in [0, 0.1) is 17.7 Å². The van der Waals surface area contributed by atoms with E-state index < -0.39 is 5.82 Å². The highest BCUT2D eigenvalue weighted by molar-refractivity contribution is 5.37. The minimum atomic E-state index is -0.458. The van der Waals surface area contributed by atoms with Crippen molar-refractivity contribution in [2.75, 3.05) is 0 Å². The maximum atomic E-state index is 12.5. The molecule has 0 atom stereocenters. The van der Waals surface area contributed by atoms with Gasteiger partial charge in [0.15, 0.2) is 5.82 Å². The molecule has 0 saturated heterocycles. The highest BCUT2D eigenvalue weighted by atomic mass is 19.1. The Kier molecular flexibility index (Phi) is 2.70. The van der Waals surface area contributed by atoms with Crippen molar-refractivity contribution in [3.05, 3.63) is 59.9 Å². The molecule has 0 radical (unpaired) electrons. The van der Waals surface area contributed by atoms with Gasteiger partial charge >= 0.3 is 0 Å². The van der Waals surface area contributed by atoms with Crippen molar-refractivity contribution >= 4 is 0 Å². The van der Waals surface area contributed by atoms with Crippen molar-refractivity contribution in [2.45, 2.75) is 0 Å². The van der Waals surface area contributed by atoms with Gasteiger partial charge in [-0.25, -0.2) is 14.4 Å². The van der Waals surface area contributed by atoms with Gasteiger partial charge in [-0.2, -0.15) is 0 Å². The number of nitrogens with zero attached hydrogens (tertiary/aromatic N) is 2. The lowest BCUT2D eigenvalue weighted by molar-refractivity contribution is 0.612. The van der Waals surface area contributed by atoms with Gasteiger partial charge in [-0.1, -0.05) is 24.1 Å². The highest BCUT2D eigenvalue weighted by Gasteiger charge is 1.91. The molecule has 0 aliphatic heterocycles. The Morgan fingerprint density at radius 3 is 2.27 bits per heavy atom. The summed E-state index contributed by atoms with van der Waals surface area (Å²) in [6.07, 6.45) is 2.20. The van der Waals surface area contributed by atoms with Gasteiger partial charge in [0.2, 0.25) is 5.82 Å². The standard InChI is InChI=1S/C12H7FN2/c13-11-8-14-12(15-9-11)7-6-10-4-2-1-3-5-10/h1-5,8-9H. The van der Waals surface area contributed by atoms with Crippen molar-refractivity contribution in [1.29, 1.82) is 0 Å². The van der Waals surface area contributed by atoms with E-state index in [0.29, 0.717) is 5.82 Å². The van der Waals surface area contributed by atoms with Gasteiger partial charge in [0.25, 0.3) is 0 Å². The summed E-state index contributed by atoms with van der Waals surface area (Å²) in [5.74, 6) is 5.49. The first kappa shape index (κ1) is 9.35. The number of halogens is 1. The normalized spacial score (nSPS) is 9.13. The van der Waals surface area contributed by atoms with E-state index in [1.54, 1.807) is 0 Å². The van der Waals surface area contributed by atoms with Gasteiger partial charge in [0, 0.05) is 5.56 Å². The second-order valence-electron chi connectivity index (χ2n) is 2.84. The Hall–Kier alpha value is -2.21. The summed E-state index contributed by atoms with van der Waals surface area (Å²) in [6, 6.07) is 9.48. The second-order valence-corrected chi connectivity index (χ2v) is 2.84. The summed E-state index contributed by atoms with van der Waals surface area (Å²) < 4.78 is 12.5. The van der Waals surface area contributed by atoms with Crippen molar-refractivity contribution in [3.8, 4) is 11.8 Å². The van der Waals surface area contributed by atoms with E-state index in [-0.39, 0.29) is 0 Å². The van der Waals surface area contributed by atoms with Gasteiger partial charge in [-0.15, -0.1) is 0 Å². The Morgan fingerprint density at radius 1 is 0.933 bits per heavy atom.